The summed E-state index contributed by atoms with van der Waals surface area (Å²) in [6.45, 7) is 3.90. The topological polar surface area (TPSA) is 53.4 Å². The number of aliphatic imine (C=N–C) groups is 1. The molecule has 0 unspecified atom stereocenters. The lowest BCUT2D eigenvalue weighted by atomic mass is 10.1. The maximum absolute atomic E-state index is 13.4. The van der Waals surface area contributed by atoms with Crippen LogP contribution in [0.15, 0.2) is 34.0 Å². The first-order chi connectivity index (χ1) is 11.1. The molecule has 1 aromatic carbocycles. The van der Waals surface area contributed by atoms with Gasteiger partial charge in [0, 0.05) is 12.1 Å². The standard InChI is InChI=1S/C16H17BrFN4O/c1-2-22-15(17)12(8-20-22)9-21-6-5-19-16(21)14-4-3-13(18)7-11(14)10-23/h3-5,7-8,23H,2,6,9-10H2,1H3/q+1. The van der Waals surface area contributed by atoms with Crippen LogP contribution < -0.4 is 0 Å². The zero-order valence-corrected chi connectivity index (χ0v) is 14.3. The van der Waals surface area contributed by atoms with Crippen molar-refractivity contribution in [3.63, 3.8) is 0 Å². The molecule has 0 bridgehead atoms. The van der Waals surface area contributed by atoms with Crippen LogP contribution in [-0.4, -0.2) is 38.1 Å². The molecule has 2 heterocycles. The third-order valence-electron chi connectivity index (χ3n) is 3.80. The molecule has 1 aromatic heterocycles. The Kier molecular flexibility index (Phi) is 4.68. The molecule has 0 amide bonds. The Morgan fingerprint density at radius 2 is 2.22 bits per heavy atom. The van der Waals surface area contributed by atoms with Crippen molar-refractivity contribution >= 4 is 28.0 Å². The third kappa shape index (κ3) is 3.11. The summed E-state index contributed by atoms with van der Waals surface area (Å²) in [5, 5.41) is 13.8. The van der Waals surface area contributed by atoms with Gasteiger partial charge in [-0.15, -0.1) is 0 Å². The summed E-state index contributed by atoms with van der Waals surface area (Å²) in [5.41, 5.74) is 2.34. The molecule has 0 spiro atoms. The highest BCUT2D eigenvalue weighted by Gasteiger charge is 2.25. The van der Waals surface area contributed by atoms with Crippen molar-refractivity contribution in [2.45, 2.75) is 26.6 Å². The molecule has 0 saturated heterocycles. The number of aromatic nitrogens is 2. The zero-order valence-electron chi connectivity index (χ0n) is 12.7. The molecule has 0 atom stereocenters. The van der Waals surface area contributed by atoms with E-state index in [-0.39, 0.29) is 12.4 Å². The summed E-state index contributed by atoms with van der Waals surface area (Å²) in [6.07, 6.45) is 3.65. The average molecular weight is 380 g/mol. The Morgan fingerprint density at radius 3 is 2.91 bits per heavy atom. The number of rotatable bonds is 5. The Hall–Kier alpha value is -1.86. The number of hydrogen-bond acceptors (Lipinski definition) is 3. The number of hydrogen-bond donors (Lipinski definition) is 1. The van der Waals surface area contributed by atoms with Gasteiger partial charge >= 0.3 is 5.84 Å². The van der Waals surface area contributed by atoms with E-state index in [0.29, 0.717) is 18.7 Å². The fourth-order valence-corrected chi connectivity index (χ4v) is 3.20. The molecule has 23 heavy (non-hydrogen) atoms. The van der Waals surface area contributed by atoms with E-state index in [0.717, 1.165) is 28.1 Å². The quantitative estimate of drug-likeness (QED) is 0.810. The molecule has 0 aliphatic carbocycles. The number of aliphatic hydroxyl groups excluding tert-OH is 1. The van der Waals surface area contributed by atoms with E-state index in [2.05, 4.69) is 30.6 Å². The molecular weight excluding hydrogens is 363 g/mol. The molecule has 2 aromatic rings. The van der Waals surface area contributed by atoms with E-state index >= 15 is 0 Å². The van der Waals surface area contributed by atoms with Gasteiger partial charge in [-0.05, 0) is 51.6 Å². The number of amidine groups is 1. The molecule has 7 heteroatoms. The Bertz CT molecular complexity index is 797. The van der Waals surface area contributed by atoms with Gasteiger partial charge in [-0.2, -0.15) is 5.10 Å². The van der Waals surface area contributed by atoms with Gasteiger partial charge in [0.1, 0.15) is 23.5 Å². The lowest BCUT2D eigenvalue weighted by Gasteiger charge is -2.06. The van der Waals surface area contributed by atoms with Gasteiger partial charge in [-0.3, -0.25) is 4.68 Å². The molecule has 1 N–H and O–H groups in total. The van der Waals surface area contributed by atoms with Crippen molar-refractivity contribution in [2.24, 2.45) is 4.99 Å². The molecular formula is C16H17BrFN4O+. The van der Waals surface area contributed by atoms with Crippen molar-refractivity contribution < 1.29 is 14.1 Å². The van der Waals surface area contributed by atoms with Crippen LogP contribution in [0.3, 0.4) is 0 Å². The first-order valence-corrected chi connectivity index (χ1v) is 8.17. The van der Waals surface area contributed by atoms with Gasteiger partial charge in [0.2, 0.25) is 0 Å². The maximum Gasteiger partial charge on any atom is 0.326 e. The minimum atomic E-state index is -0.362. The van der Waals surface area contributed by atoms with Gasteiger partial charge in [-0.1, -0.05) is 0 Å². The summed E-state index contributed by atoms with van der Waals surface area (Å²) >= 11 is 3.57. The summed E-state index contributed by atoms with van der Waals surface area (Å²) in [4.78, 5) is 4.42. The second-order valence-electron chi connectivity index (χ2n) is 5.25. The monoisotopic (exact) mass is 379 g/mol. The summed E-state index contributed by atoms with van der Waals surface area (Å²) < 4.78 is 18.3. The SMILES string of the molecule is CCn1ncc(C[N+]2=C(c3ccc(F)cc3CO)N=CC2)c1Br. The van der Waals surface area contributed by atoms with Gasteiger partial charge in [0.25, 0.3) is 0 Å². The van der Waals surface area contributed by atoms with Crippen LogP contribution in [-0.2, 0) is 19.7 Å². The minimum absolute atomic E-state index is 0.225. The molecule has 0 radical (unpaired) electrons. The fraction of sp³-hybridized carbons (Fsp3) is 0.312. The van der Waals surface area contributed by atoms with Crippen LogP contribution in [0.2, 0.25) is 0 Å². The lowest BCUT2D eigenvalue weighted by Crippen LogP contribution is -2.18. The Balaban J connectivity index is 1.98. The van der Waals surface area contributed by atoms with Crippen molar-refractivity contribution in [1.29, 1.82) is 0 Å². The predicted molar refractivity (Wildman–Crippen MR) is 89.4 cm³/mol. The van der Waals surface area contributed by atoms with Gasteiger partial charge < -0.3 is 5.11 Å². The number of nitrogens with zero attached hydrogens (tertiary/aromatic N) is 4. The Morgan fingerprint density at radius 1 is 1.39 bits per heavy atom. The molecule has 1 aliphatic rings. The summed E-state index contributed by atoms with van der Waals surface area (Å²) in [5.74, 6) is 0.379. The Labute approximate surface area is 141 Å². The van der Waals surface area contributed by atoms with E-state index in [4.69, 9.17) is 0 Å². The normalized spacial score (nSPS) is 14.1. The first-order valence-electron chi connectivity index (χ1n) is 7.38. The summed E-state index contributed by atoms with van der Waals surface area (Å²) in [6, 6.07) is 4.40. The van der Waals surface area contributed by atoms with Gasteiger partial charge in [0.15, 0.2) is 6.21 Å². The first kappa shape index (κ1) is 16.0. The minimum Gasteiger partial charge on any atom is -0.392 e. The van der Waals surface area contributed by atoms with Crippen LogP contribution in [0.25, 0.3) is 0 Å². The average Bonchev–Trinajstić information content (AvgIpc) is 3.15. The van der Waals surface area contributed by atoms with E-state index in [1.165, 1.54) is 12.1 Å². The largest absolute Gasteiger partial charge is 0.392 e. The maximum atomic E-state index is 13.4. The highest BCUT2D eigenvalue weighted by molar-refractivity contribution is 9.10. The van der Waals surface area contributed by atoms with E-state index in [1.807, 2.05) is 24.0 Å². The van der Waals surface area contributed by atoms with Crippen LogP contribution in [0, 0.1) is 5.82 Å². The van der Waals surface area contributed by atoms with Crippen molar-refractivity contribution in [1.82, 2.24) is 9.78 Å². The number of benzene rings is 1. The fourth-order valence-electron chi connectivity index (χ4n) is 2.63. The highest BCUT2D eigenvalue weighted by atomic mass is 79.9. The van der Waals surface area contributed by atoms with Crippen molar-refractivity contribution in [3.05, 3.63) is 51.5 Å². The van der Waals surface area contributed by atoms with E-state index in [9.17, 15) is 9.50 Å². The van der Waals surface area contributed by atoms with E-state index < -0.39 is 0 Å². The van der Waals surface area contributed by atoms with Crippen LogP contribution >= 0.6 is 15.9 Å². The third-order valence-corrected chi connectivity index (χ3v) is 4.72. The predicted octanol–water partition coefficient (Wildman–Crippen LogP) is 2.34. The van der Waals surface area contributed by atoms with Crippen LogP contribution in [0.4, 0.5) is 4.39 Å². The van der Waals surface area contributed by atoms with Crippen molar-refractivity contribution in [2.75, 3.05) is 6.54 Å². The van der Waals surface area contributed by atoms with Gasteiger partial charge in [0.05, 0.1) is 18.4 Å². The second kappa shape index (κ2) is 6.72. The number of halogens is 2. The molecule has 5 nitrogen and oxygen atoms in total. The van der Waals surface area contributed by atoms with E-state index in [1.54, 1.807) is 6.07 Å². The molecule has 0 fully saturated rings. The zero-order chi connectivity index (χ0) is 16.4. The van der Waals surface area contributed by atoms with Crippen LogP contribution in [0.1, 0.15) is 23.6 Å². The van der Waals surface area contributed by atoms with Gasteiger partial charge in [-0.25, -0.2) is 8.97 Å². The van der Waals surface area contributed by atoms with Crippen LogP contribution in [0.5, 0.6) is 0 Å². The smallest absolute Gasteiger partial charge is 0.326 e. The highest BCUT2D eigenvalue weighted by Crippen LogP contribution is 2.20. The molecule has 120 valence electrons. The molecule has 0 saturated carbocycles. The molecule has 1 aliphatic heterocycles. The summed E-state index contributed by atoms with van der Waals surface area (Å²) in [7, 11) is 0. The number of aliphatic hydroxyl groups is 1. The molecule has 3 rings (SSSR count). The second-order valence-corrected chi connectivity index (χ2v) is 6.00. The van der Waals surface area contributed by atoms with Crippen molar-refractivity contribution in [3.8, 4) is 0 Å². The number of aryl methyl sites for hydroxylation is 1. The lowest BCUT2D eigenvalue weighted by molar-refractivity contribution is -0.525.